The van der Waals surface area contributed by atoms with E-state index in [2.05, 4.69) is 30.7 Å². The van der Waals surface area contributed by atoms with E-state index >= 15 is 0 Å². The standard InChI is InChI=1S/C22H17F2N7O6/c1-36-22(35)12-8-14(24)18(37-5-4-10-6-15(25)11(21(33)34)7-13(10)23)9-17(12)26-20(32)16-2-3-19-27-29-30-31(19)28-16/h2-3,6-9H,4-5,25H2,1H3,(H,26,32)(H,33,34). The number of rotatable bonds is 8. The van der Waals surface area contributed by atoms with Crippen molar-refractivity contribution in [2.24, 2.45) is 0 Å². The van der Waals surface area contributed by atoms with Gasteiger partial charge in [0.05, 0.1) is 30.5 Å². The molecule has 0 atom stereocenters. The van der Waals surface area contributed by atoms with Crippen LogP contribution in [0.3, 0.4) is 0 Å². The van der Waals surface area contributed by atoms with Gasteiger partial charge in [-0.15, -0.1) is 14.8 Å². The van der Waals surface area contributed by atoms with E-state index in [0.29, 0.717) is 5.65 Å². The van der Waals surface area contributed by atoms with Crippen LogP contribution in [0.5, 0.6) is 5.75 Å². The van der Waals surface area contributed by atoms with Gasteiger partial charge in [-0.05, 0) is 46.3 Å². The lowest BCUT2D eigenvalue weighted by atomic mass is 10.1. The SMILES string of the molecule is COC(=O)c1cc(F)c(OCCc2cc(N)c(C(=O)O)cc2F)cc1NC(=O)c1ccc2nnnn2n1. The molecule has 4 N–H and O–H groups in total. The van der Waals surface area contributed by atoms with Crippen molar-refractivity contribution in [2.75, 3.05) is 24.8 Å². The van der Waals surface area contributed by atoms with Crippen LogP contribution < -0.4 is 15.8 Å². The number of nitrogens with zero attached hydrogens (tertiary/aromatic N) is 5. The number of tetrazole rings is 1. The number of methoxy groups -OCH3 is 1. The number of halogens is 2. The molecular formula is C22H17F2N7O6. The molecule has 0 aliphatic heterocycles. The van der Waals surface area contributed by atoms with Gasteiger partial charge in [-0.1, -0.05) is 0 Å². The number of carboxylic acids is 1. The van der Waals surface area contributed by atoms with E-state index in [1.165, 1.54) is 12.1 Å². The van der Waals surface area contributed by atoms with Crippen LogP contribution in [0, 0.1) is 11.6 Å². The lowest BCUT2D eigenvalue weighted by Crippen LogP contribution is -2.18. The Bertz CT molecular complexity index is 1540. The van der Waals surface area contributed by atoms with Crippen molar-refractivity contribution in [1.82, 2.24) is 25.3 Å². The molecule has 0 unspecified atom stereocenters. The zero-order valence-electron chi connectivity index (χ0n) is 18.9. The maximum Gasteiger partial charge on any atom is 0.340 e. The first-order valence-corrected chi connectivity index (χ1v) is 10.4. The molecule has 0 saturated heterocycles. The number of benzene rings is 2. The predicted molar refractivity (Wildman–Crippen MR) is 121 cm³/mol. The van der Waals surface area contributed by atoms with Crippen LogP contribution in [0.25, 0.3) is 5.65 Å². The highest BCUT2D eigenvalue weighted by atomic mass is 19.1. The third kappa shape index (κ3) is 5.24. The number of fused-ring (bicyclic) bond motifs is 1. The number of nitrogens with two attached hydrogens (primary N) is 1. The number of nitrogens with one attached hydrogen (secondary N) is 1. The number of anilines is 2. The van der Waals surface area contributed by atoms with Gasteiger partial charge < -0.3 is 25.6 Å². The van der Waals surface area contributed by atoms with Crippen molar-refractivity contribution in [3.8, 4) is 5.75 Å². The van der Waals surface area contributed by atoms with Crippen molar-refractivity contribution in [1.29, 1.82) is 0 Å². The first kappa shape index (κ1) is 24.9. The number of amides is 1. The molecule has 0 spiro atoms. The normalized spacial score (nSPS) is 10.8. The predicted octanol–water partition coefficient (Wildman–Crippen LogP) is 1.74. The maximum absolute atomic E-state index is 14.7. The van der Waals surface area contributed by atoms with Gasteiger partial charge in [0.15, 0.2) is 22.9 Å². The summed E-state index contributed by atoms with van der Waals surface area (Å²) < 4.78 is 40.0. The Hall–Kier alpha value is -5.21. The second-order valence-electron chi connectivity index (χ2n) is 7.45. The highest BCUT2D eigenvalue weighted by molar-refractivity contribution is 6.07. The van der Waals surface area contributed by atoms with Gasteiger partial charge in [-0.2, -0.15) is 0 Å². The lowest BCUT2D eigenvalue weighted by molar-refractivity contribution is 0.0600. The number of carboxylic acid groups (broad SMARTS) is 1. The van der Waals surface area contributed by atoms with Crippen LogP contribution in [0.2, 0.25) is 0 Å². The first-order chi connectivity index (χ1) is 17.7. The summed E-state index contributed by atoms with van der Waals surface area (Å²) in [6, 6.07) is 6.60. The smallest absolute Gasteiger partial charge is 0.340 e. The average Bonchev–Trinajstić information content (AvgIpc) is 3.34. The molecule has 4 rings (SSSR count). The minimum absolute atomic E-state index is 0.0479. The van der Waals surface area contributed by atoms with E-state index in [1.807, 2.05) is 0 Å². The van der Waals surface area contributed by atoms with Gasteiger partial charge in [0, 0.05) is 18.2 Å². The van der Waals surface area contributed by atoms with E-state index in [9.17, 15) is 23.2 Å². The molecule has 0 radical (unpaired) electrons. The molecule has 1 amide bonds. The number of carbonyl (C=O) groups excluding carboxylic acids is 2. The summed E-state index contributed by atoms with van der Waals surface area (Å²) >= 11 is 0. The number of hydrogen-bond acceptors (Lipinski definition) is 10. The fraction of sp³-hybridized carbons (Fsp3) is 0.136. The summed E-state index contributed by atoms with van der Waals surface area (Å²) in [5.41, 5.74) is 4.90. The number of nitrogen functional groups attached to an aromatic ring is 1. The van der Waals surface area contributed by atoms with E-state index in [1.54, 1.807) is 0 Å². The quantitative estimate of drug-likeness (QED) is 0.230. The molecule has 0 saturated carbocycles. The van der Waals surface area contributed by atoms with Crippen LogP contribution in [0.4, 0.5) is 20.2 Å². The van der Waals surface area contributed by atoms with Crippen LogP contribution >= 0.6 is 0 Å². The fourth-order valence-corrected chi connectivity index (χ4v) is 3.29. The molecule has 4 aromatic rings. The first-order valence-electron chi connectivity index (χ1n) is 10.4. The van der Waals surface area contributed by atoms with Crippen molar-refractivity contribution in [2.45, 2.75) is 6.42 Å². The highest BCUT2D eigenvalue weighted by Gasteiger charge is 2.21. The number of ether oxygens (including phenoxy) is 2. The summed E-state index contributed by atoms with van der Waals surface area (Å²) in [7, 11) is 1.08. The molecule has 0 bridgehead atoms. The van der Waals surface area contributed by atoms with Crippen LogP contribution in [-0.2, 0) is 11.2 Å². The molecule has 37 heavy (non-hydrogen) atoms. The molecule has 0 aliphatic rings. The highest BCUT2D eigenvalue weighted by Crippen LogP contribution is 2.28. The van der Waals surface area contributed by atoms with Gasteiger partial charge in [0.2, 0.25) is 0 Å². The molecule has 0 aliphatic carbocycles. The molecule has 0 fully saturated rings. The summed E-state index contributed by atoms with van der Waals surface area (Å²) in [5, 5.41) is 26.1. The van der Waals surface area contributed by atoms with Crippen molar-refractivity contribution < 1.29 is 37.7 Å². The van der Waals surface area contributed by atoms with Gasteiger partial charge in [0.1, 0.15) is 5.82 Å². The Morgan fingerprint density at radius 3 is 2.59 bits per heavy atom. The van der Waals surface area contributed by atoms with Gasteiger partial charge >= 0.3 is 11.9 Å². The minimum atomic E-state index is -1.38. The average molecular weight is 513 g/mol. The van der Waals surface area contributed by atoms with E-state index in [-0.39, 0.29) is 52.5 Å². The van der Waals surface area contributed by atoms with E-state index < -0.39 is 29.5 Å². The van der Waals surface area contributed by atoms with Crippen LogP contribution in [-0.4, -0.2) is 61.9 Å². The van der Waals surface area contributed by atoms with Gasteiger partial charge in [0.25, 0.3) is 5.91 Å². The van der Waals surface area contributed by atoms with Crippen LogP contribution in [0.1, 0.15) is 36.8 Å². The molecule has 13 nitrogen and oxygen atoms in total. The number of hydrogen-bond donors (Lipinski definition) is 3. The Labute approximate surface area is 205 Å². The second kappa shape index (κ2) is 10.2. The molecular weight excluding hydrogens is 496 g/mol. The maximum atomic E-state index is 14.7. The molecule has 2 aromatic heterocycles. The Kier molecular flexibility index (Phi) is 6.86. The molecule has 190 valence electrons. The Morgan fingerprint density at radius 1 is 1.11 bits per heavy atom. The van der Waals surface area contributed by atoms with Gasteiger partial charge in [-0.3, -0.25) is 4.79 Å². The van der Waals surface area contributed by atoms with E-state index in [0.717, 1.165) is 36.0 Å². The number of esters is 1. The lowest BCUT2D eigenvalue weighted by Gasteiger charge is -2.14. The Balaban J connectivity index is 1.55. The largest absolute Gasteiger partial charge is 0.490 e. The minimum Gasteiger partial charge on any atom is -0.490 e. The molecule has 15 heteroatoms. The van der Waals surface area contributed by atoms with Gasteiger partial charge in [-0.25, -0.2) is 18.4 Å². The second-order valence-corrected chi connectivity index (χ2v) is 7.45. The monoisotopic (exact) mass is 513 g/mol. The zero-order valence-corrected chi connectivity index (χ0v) is 18.9. The summed E-state index contributed by atoms with van der Waals surface area (Å²) in [4.78, 5) is 36.0. The third-order valence-corrected chi connectivity index (χ3v) is 5.11. The Morgan fingerprint density at radius 2 is 1.86 bits per heavy atom. The van der Waals surface area contributed by atoms with Crippen molar-refractivity contribution in [3.05, 3.63) is 70.4 Å². The van der Waals surface area contributed by atoms with Crippen molar-refractivity contribution >= 4 is 34.9 Å². The summed E-state index contributed by atoms with van der Waals surface area (Å²) in [6.45, 7) is -0.248. The summed E-state index contributed by atoms with van der Waals surface area (Å²) in [5.74, 6) is -5.21. The number of aromatic carboxylic acids is 1. The van der Waals surface area contributed by atoms with E-state index in [4.69, 9.17) is 15.6 Å². The third-order valence-electron chi connectivity index (χ3n) is 5.11. The topological polar surface area (TPSA) is 184 Å². The summed E-state index contributed by atoms with van der Waals surface area (Å²) in [6.07, 6.45) is -0.0916. The van der Waals surface area contributed by atoms with Crippen molar-refractivity contribution in [3.63, 3.8) is 0 Å². The fourth-order valence-electron chi connectivity index (χ4n) is 3.29. The number of carbonyl (C=O) groups is 3. The molecule has 2 aromatic carbocycles. The van der Waals surface area contributed by atoms with Crippen LogP contribution in [0.15, 0.2) is 36.4 Å². The number of aromatic nitrogens is 5. The zero-order chi connectivity index (χ0) is 26.7. The molecule has 2 heterocycles.